The van der Waals surface area contributed by atoms with E-state index in [2.05, 4.69) is 51.6 Å². The predicted molar refractivity (Wildman–Crippen MR) is 146 cm³/mol. The normalized spacial score (nSPS) is 16.2. The molecule has 0 aliphatic carbocycles. The van der Waals surface area contributed by atoms with E-state index in [1.54, 1.807) is 0 Å². The number of hydrogen-bond donors (Lipinski definition) is 0. The second-order valence-electron chi connectivity index (χ2n) is 11.5. The van der Waals surface area contributed by atoms with Gasteiger partial charge in [-0.2, -0.15) is 9.50 Å². The molecule has 198 valence electrons. The summed E-state index contributed by atoms with van der Waals surface area (Å²) in [5.41, 5.74) is 1.80. The average molecular weight is 534 g/mol. The number of thiazole rings is 1. The predicted octanol–water partition coefficient (Wildman–Crippen LogP) is 4.73. The van der Waals surface area contributed by atoms with Gasteiger partial charge in [0.05, 0.1) is 4.53 Å². The lowest BCUT2D eigenvalue weighted by Gasteiger charge is -2.29. The van der Waals surface area contributed by atoms with E-state index in [4.69, 9.17) is 14.2 Å². The maximum atomic E-state index is 13.3. The van der Waals surface area contributed by atoms with Gasteiger partial charge < -0.3 is 14.2 Å². The fourth-order valence-electron chi connectivity index (χ4n) is 4.39. The van der Waals surface area contributed by atoms with Crippen LogP contribution in [0, 0.1) is 0 Å². The molecule has 5 rings (SSSR count). The second kappa shape index (κ2) is 9.23. The summed E-state index contributed by atoms with van der Waals surface area (Å²) in [6, 6.07) is 11.4. The molecule has 2 aromatic carbocycles. The number of para-hydroxylation sites is 2. The number of carbonyl (C=O) groups excluding carboxylic acids is 1. The lowest BCUT2D eigenvalue weighted by Crippen LogP contribution is -2.26. The molecule has 0 bridgehead atoms. The molecule has 4 aromatic rings. The van der Waals surface area contributed by atoms with Gasteiger partial charge in [0.25, 0.3) is 5.56 Å². The molecule has 0 fully saturated rings. The molecule has 38 heavy (non-hydrogen) atoms. The smallest absolute Gasteiger partial charge is 0.308 e. The van der Waals surface area contributed by atoms with Crippen LogP contribution in [0.15, 0.2) is 41.2 Å². The Hall–Kier alpha value is -3.72. The van der Waals surface area contributed by atoms with Crippen molar-refractivity contribution in [2.24, 2.45) is 0 Å². The second-order valence-corrected chi connectivity index (χ2v) is 12.5. The van der Waals surface area contributed by atoms with Crippen molar-refractivity contribution in [3.8, 4) is 17.2 Å². The molecule has 9 heteroatoms. The third kappa shape index (κ3) is 4.90. The third-order valence-corrected chi connectivity index (χ3v) is 7.22. The summed E-state index contributed by atoms with van der Waals surface area (Å²) >= 11 is 1.27. The van der Waals surface area contributed by atoms with Gasteiger partial charge in [0.15, 0.2) is 23.4 Å². The van der Waals surface area contributed by atoms with Gasteiger partial charge in [0, 0.05) is 18.1 Å². The van der Waals surface area contributed by atoms with Crippen LogP contribution in [0.5, 0.6) is 17.2 Å². The number of rotatable bonds is 3. The van der Waals surface area contributed by atoms with Crippen LogP contribution in [0.1, 0.15) is 77.1 Å². The molecule has 0 saturated carbocycles. The molecule has 0 saturated heterocycles. The maximum absolute atomic E-state index is 13.3. The Morgan fingerprint density at radius 3 is 2.29 bits per heavy atom. The minimum Gasteiger partial charge on any atom is -0.485 e. The van der Waals surface area contributed by atoms with Gasteiger partial charge in [-0.3, -0.25) is 9.59 Å². The molecule has 0 N–H and O–H groups in total. The Morgan fingerprint density at radius 1 is 1.08 bits per heavy atom. The summed E-state index contributed by atoms with van der Waals surface area (Å²) in [4.78, 5) is 30.3. The molecule has 0 radical (unpaired) electrons. The Bertz CT molecular complexity index is 1620. The number of hydrogen-bond acceptors (Lipinski definition) is 8. The van der Waals surface area contributed by atoms with Gasteiger partial charge in [0.1, 0.15) is 12.4 Å². The molecule has 1 aliphatic rings. The first-order valence-electron chi connectivity index (χ1n) is 12.5. The van der Waals surface area contributed by atoms with Crippen LogP contribution < -0.4 is 24.3 Å². The number of esters is 1. The first-order valence-corrected chi connectivity index (χ1v) is 13.3. The summed E-state index contributed by atoms with van der Waals surface area (Å²) in [6.45, 7) is 14.1. The van der Waals surface area contributed by atoms with Gasteiger partial charge in [-0.05, 0) is 46.7 Å². The summed E-state index contributed by atoms with van der Waals surface area (Å²) in [6.07, 6.45) is 1.35. The number of benzene rings is 2. The van der Waals surface area contributed by atoms with Crippen LogP contribution in [-0.2, 0) is 15.6 Å². The minimum atomic E-state index is -0.499. The molecule has 1 atom stereocenters. The standard InChI is InChI=1S/C29H31N3O5S/c1-16(33)36-24-18(28(2,3)4)12-17(13-19(24)29(5,6)7)14-23-26(34)32-27(38-23)30-25(31-32)22-15-35-20-10-8-9-11-21(20)37-22/h8-14,22H,15H2,1-7H3. The Kier molecular flexibility index (Phi) is 6.30. The molecule has 0 amide bonds. The van der Waals surface area contributed by atoms with Crippen molar-refractivity contribution in [3.05, 3.63) is 73.8 Å². The highest BCUT2D eigenvalue weighted by atomic mass is 32.1. The molecule has 0 spiro atoms. The van der Waals surface area contributed by atoms with E-state index in [9.17, 15) is 9.59 Å². The van der Waals surface area contributed by atoms with Crippen molar-refractivity contribution < 1.29 is 19.0 Å². The van der Waals surface area contributed by atoms with E-state index in [0.717, 1.165) is 16.7 Å². The zero-order chi connectivity index (χ0) is 27.4. The highest BCUT2D eigenvalue weighted by molar-refractivity contribution is 7.15. The number of aromatic nitrogens is 3. The molecular weight excluding hydrogens is 502 g/mol. The molecular formula is C29H31N3O5S. The van der Waals surface area contributed by atoms with Crippen molar-refractivity contribution in [1.29, 1.82) is 0 Å². The van der Waals surface area contributed by atoms with Crippen molar-refractivity contribution in [3.63, 3.8) is 0 Å². The Balaban J connectivity index is 1.57. The molecule has 1 aliphatic heterocycles. The van der Waals surface area contributed by atoms with Crippen LogP contribution in [-0.4, -0.2) is 27.2 Å². The van der Waals surface area contributed by atoms with E-state index >= 15 is 0 Å². The van der Waals surface area contributed by atoms with E-state index in [0.29, 0.717) is 32.6 Å². The van der Waals surface area contributed by atoms with Crippen molar-refractivity contribution in [1.82, 2.24) is 14.6 Å². The van der Waals surface area contributed by atoms with E-state index in [1.807, 2.05) is 42.5 Å². The quantitative estimate of drug-likeness (QED) is 0.278. The van der Waals surface area contributed by atoms with E-state index < -0.39 is 6.10 Å². The number of nitrogens with zero attached hydrogens (tertiary/aromatic N) is 3. The largest absolute Gasteiger partial charge is 0.485 e. The first kappa shape index (κ1) is 25.9. The van der Waals surface area contributed by atoms with Gasteiger partial charge in [-0.15, -0.1) is 5.10 Å². The molecule has 8 nitrogen and oxygen atoms in total. The van der Waals surface area contributed by atoms with Crippen LogP contribution in [0.2, 0.25) is 0 Å². The molecule has 1 unspecified atom stereocenters. The average Bonchev–Trinajstić information content (AvgIpc) is 3.37. The van der Waals surface area contributed by atoms with Gasteiger partial charge in [0.2, 0.25) is 4.96 Å². The fourth-order valence-corrected chi connectivity index (χ4v) is 5.30. The highest BCUT2D eigenvalue weighted by Gasteiger charge is 2.29. The topological polar surface area (TPSA) is 92.0 Å². The van der Waals surface area contributed by atoms with Gasteiger partial charge >= 0.3 is 5.97 Å². The van der Waals surface area contributed by atoms with E-state index in [-0.39, 0.29) is 29.0 Å². The monoisotopic (exact) mass is 533 g/mol. The van der Waals surface area contributed by atoms with Crippen molar-refractivity contribution in [2.45, 2.75) is 65.4 Å². The first-order chi connectivity index (χ1) is 17.8. The number of fused-ring (bicyclic) bond motifs is 2. The zero-order valence-electron chi connectivity index (χ0n) is 22.6. The van der Waals surface area contributed by atoms with Crippen LogP contribution in [0.25, 0.3) is 11.0 Å². The fraction of sp³-hybridized carbons (Fsp3) is 0.379. The minimum absolute atomic E-state index is 0.250. The zero-order valence-corrected chi connectivity index (χ0v) is 23.4. The number of carbonyl (C=O) groups is 1. The third-order valence-electron chi connectivity index (χ3n) is 6.27. The summed E-state index contributed by atoms with van der Waals surface area (Å²) < 4.78 is 19.3. The lowest BCUT2D eigenvalue weighted by atomic mass is 9.78. The van der Waals surface area contributed by atoms with E-state index in [1.165, 1.54) is 22.8 Å². The summed E-state index contributed by atoms with van der Waals surface area (Å²) in [5.74, 6) is 1.93. The summed E-state index contributed by atoms with van der Waals surface area (Å²) in [7, 11) is 0. The van der Waals surface area contributed by atoms with Crippen LogP contribution >= 0.6 is 11.3 Å². The van der Waals surface area contributed by atoms with Gasteiger partial charge in [-0.25, -0.2) is 0 Å². The van der Waals surface area contributed by atoms with Crippen LogP contribution in [0.4, 0.5) is 0 Å². The Morgan fingerprint density at radius 2 is 1.71 bits per heavy atom. The van der Waals surface area contributed by atoms with Crippen molar-refractivity contribution >= 4 is 28.3 Å². The maximum Gasteiger partial charge on any atom is 0.308 e. The number of ether oxygens (including phenoxy) is 3. The SMILES string of the molecule is CC(=O)Oc1c(C(C)(C)C)cc(C=c2sc3nc(C4COc5ccccc5O4)nn3c2=O)cc1C(C)(C)C. The van der Waals surface area contributed by atoms with Crippen molar-refractivity contribution in [2.75, 3.05) is 6.61 Å². The Labute approximate surface area is 224 Å². The molecule has 3 heterocycles. The molecule has 2 aromatic heterocycles. The van der Waals surface area contributed by atoms with Gasteiger partial charge in [-0.1, -0.05) is 65.0 Å². The summed E-state index contributed by atoms with van der Waals surface area (Å²) in [5, 5.41) is 4.45. The van der Waals surface area contributed by atoms with Crippen LogP contribution in [0.3, 0.4) is 0 Å². The lowest BCUT2D eigenvalue weighted by molar-refractivity contribution is -0.132. The highest BCUT2D eigenvalue weighted by Crippen LogP contribution is 2.41.